The SMILES string of the molecule is CN1C(=O)C(C)(C)C(C)(c2cc(NC3CCCC3O)ccc2F)N=C1N. The van der Waals surface area contributed by atoms with Gasteiger partial charge < -0.3 is 16.2 Å². The number of halogens is 1. The van der Waals surface area contributed by atoms with Gasteiger partial charge in [-0.3, -0.25) is 9.69 Å². The second-order valence-corrected chi connectivity index (χ2v) is 7.98. The predicted molar refractivity (Wildman–Crippen MR) is 99.2 cm³/mol. The number of guanidine groups is 1. The van der Waals surface area contributed by atoms with Crippen LogP contribution in [0.25, 0.3) is 0 Å². The lowest BCUT2D eigenvalue weighted by Gasteiger charge is -2.46. The Hall–Kier alpha value is -2.15. The highest BCUT2D eigenvalue weighted by Crippen LogP contribution is 2.47. The first-order valence-corrected chi connectivity index (χ1v) is 8.96. The molecule has 7 heteroatoms. The van der Waals surface area contributed by atoms with E-state index in [0.29, 0.717) is 11.3 Å². The highest BCUT2D eigenvalue weighted by molar-refractivity contribution is 6.01. The van der Waals surface area contributed by atoms with E-state index in [-0.39, 0.29) is 17.9 Å². The van der Waals surface area contributed by atoms with Crippen molar-refractivity contribution >= 4 is 17.6 Å². The average Bonchev–Trinajstić information content (AvgIpc) is 2.98. The van der Waals surface area contributed by atoms with E-state index in [0.717, 1.165) is 19.3 Å². The molecular formula is C19H27FN4O2. The van der Waals surface area contributed by atoms with Crippen LogP contribution in [0.15, 0.2) is 23.2 Å². The molecule has 3 unspecified atom stereocenters. The van der Waals surface area contributed by atoms with E-state index in [4.69, 9.17) is 5.73 Å². The van der Waals surface area contributed by atoms with Crippen LogP contribution < -0.4 is 11.1 Å². The van der Waals surface area contributed by atoms with Gasteiger partial charge in [0.25, 0.3) is 0 Å². The lowest BCUT2D eigenvalue weighted by Crippen LogP contribution is -2.58. The van der Waals surface area contributed by atoms with Crippen molar-refractivity contribution in [2.75, 3.05) is 12.4 Å². The average molecular weight is 362 g/mol. The topological polar surface area (TPSA) is 91.0 Å². The minimum atomic E-state index is -1.14. The Morgan fingerprint density at radius 3 is 2.65 bits per heavy atom. The minimum Gasteiger partial charge on any atom is -0.391 e. The van der Waals surface area contributed by atoms with E-state index in [9.17, 15) is 14.3 Å². The number of aliphatic imine (C=N–C) groups is 1. The summed E-state index contributed by atoms with van der Waals surface area (Å²) in [5, 5.41) is 13.3. The molecule has 1 aliphatic heterocycles. The van der Waals surface area contributed by atoms with Gasteiger partial charge >= 0.3 is 0 Å². The molecule has 1 aromatic carbocycles. The Morgan fingerprint density at radius 1 is 1.35 bits per heavy atom. The van der Waals surface area contributed by atoms with Crippen LogP contribution in [-0.4, -0.2) is 41.1 Å². The maximum atomic E-state index is 14.8. The smallest absolute Gasteiger partial charge is 0.237 e. The van der Waals surface area contributed by atoms with E-state index in [1.165, 1.54) is 11.0 Å². The van der Waals surface area contributed by atoms with Gasteiger partial charge in [0.2, 0.25) is 5.91 Å². The summed E-state index contributed by atoms with van der Waals surface area (Å²) >= 11 is 0. The third-order valence-corrected chi connectivity index (χ3v) is 6.06. The number of carbonyl (C=O) groups is 1. The van der Waals surface area contributed by atoms with E-state index in [1.807, 2.05) is 0 Å². The van der Waals surface area contributed by atoms with Gasteiger partial charge in [0.15, 0.2) is 5.96 Å². The van der Waals surface area contributed by atoms with Crippen LogP contribution in [0.3, 0.4) is 0 Å². The van der Waals surface area contributed by atoms with Gasteiger partial charge in [0.05, 0.1) is 17.6 Å². The van der Waals surface area contributed by atoms with Gasteiger partial charge in [-0.2, -0.15) is 0 Å². The molecule has 1 heterocycles. The maximum Gasteiger partial charge on any atom is 0.237 e. The molecule has 0 aromatic heterocycles. The number of hydrogen-bond donors (Lipinski definition) is 3. The number of rotatable bonds is 3. The van der Waals surface area contributed by atoms with Gasteiger partial charge in [-0.1, -0.05) is 0 Å². The fourth-order valence-electron chi connectivity index (χ4n) is 3.88. The molecule has 3 atom stereocenters. The number of nitrogens with two attached hydrogens (primary N) is 1. The second-order valence-electron chi connectivity index (χ2n) is 7.98. The third-order valence-electron chi connectivity index (χ3n) is 6.06. The number of nitrogens with zero attached hydrogens (tertiary/aromatic N) is 2. The molecule has 4 N–H and O–H groups in total. The van der Waals surface area contributed by atoms with Crippen LogP contribution in [0, 0.1) is 11.2 Å². The lowest BCUT2D eigenvalue weighted by atomic mass is 9.67. The molecular weight excluding hydrogens is 335 g/mol. The van der Waals surface area contributed by atoms with E-state index in [2.05, 4.69) is 10.3 Å². The van der Waals surface area contributed by atoms with Crippen molar-refractivity contribution in [2.45, 2.75) is 57.7 Å². The van der Waals surface area contributed by atoms with Gasteiger partial charge in [0, 0.05) is 18.3 Å². The summed E-state index contributed by atoms with van der Waals surface area (Å²) in [5.41, 5.74) is 4.82. The van der Waals surface area contributed by atoms with Crippen LogP contribution in [0.4, 0.5) is 10.1 Å². The quantitative estimate of drug-likeness (QED) is 0.769. The van der Waals surface area contributed by atoms with Gasteiger partial charge in [0.1, 0.15) is 11.4 Å². The normalized spacial score (nSPS) is 31.1. The van der Waals surface area contributed by atoms with Crippen LogP contribution in [0.5, 0.6) is 0 Å². The molecule has 142 valence electrons. The number of anilines is 1. The van der Waals surface area contributed by atoms with Crippen LogP contribution >= 0.6 is 0 Å². The molecule has 6 nitrogen and oxygen atoms in total. The first-order valence-electron chi connectivity index (χ1n) is 8.96. The maximum absolute atomic E-state index is 14.8. The van der Waals surface area contributed by atoms with Crippen molar-refractivity contribution in [2.24, 2.45) is 16.1 Å². The number of nitrogens with one attached hydrogen (secondary N) is 1. The Morgan fingerprint density at radius 2 is 2.04 bits per heavy atom. The number of carbonyl (C=O) groups excluding carboxylic acids is 1. The summed E-state index contributed by atoms with van der Waals surface area (Å²) < 4.78 is 14.8. The van der Waals surface area contributed by atoms with Crippen molar-refractivity contribution in [1.29, 1.82) is 0 Å². The summed E-state index contributed by atoms with van der Waals surface area (Å²) in [6.45, 7) is 5.24. The van der Waals surface area contributed by atoms with Crippen molar-refractivity contribution in [1.82, 2.24) is 4.90 Å². The Balaban J connectivity index is 2.04. The molecule has 1 fully saturated rings. The fraction of sp³-hybridized carbons (Fsp3) is 0.579. The zero-order chi connectivity index (χ0) is 19.3. The summed E-state index contributed by atoms with van der Waals surface area (Å²) in [5.74, 6) is -0.579. The molecule has 3 rings (SSSR count). The summed E-state index contributed by atoms with van der Waals surface area (Å²) in [6.07, 6.45) is 2.18. The standard InChI is InChI=1S/C19H27FN4O2/c1-18(2)16(26)24(4)17(21)23-19(18,3)12-10-11(8-9-13(12)20)22-14-6-5-7-15(14)25/h8-10,14-15,22,25H,5-7H2,1-4H3,(H2,21,23). The summed E-state index contributed by atoms with van der Waals surface area (Å²) in [7, 11) is 1.57. The predicted octanol–water partition coefficient (Wildman–Crippen LogP) is 2.18. The highest BCUT2D eigenvalue weighted by atomic mass is 19.1. The number of benzene rings is 1. The van der Waals surface area contributed by atoms with E-state index >= 15 is 0 Å². The molecule has 0 radical (unpaired) electrons. The third kappa shape index (κ3) is 2.74. The largest absolute Gasteiger partial charge is 0.391 e. The van der Waals surface area contributed by atoms with Crippen LogP contribution in [-0.2, 0) is 10.3 Å². The fourth-order valence-corrected chi connectivity index (χ4v) is 3.88. The molecule has 0 spiro atoms. The van der Waals surface area contributed by atoms with Gasteiger partial charge in [-0.05, 0) is 58.2 Å². The molecule has 26 heavy (non-hydrogen) atoms. The molecule has 0 bridgehead atoms. The van der Waals surface area contributed by atoms with E-state index in [1.54, 1.807) is 40.0 Å². The number of hydrogen-bond acceptors (Lipinski definition) is 5. The van der Waals surface area contributed by atoms with Crippen molar-refractivity contribution in [3.8, 4) is 0 Å². The molecule has 1 saturated carbocycles. The molecule has 0 saturated heterocycles. The molecule has 2 aliphatic rings. The zero-order valence-corrected chi connectivity index (χ0v) is 15.7. The summed E-state index contributed by atoms with van der Waals surface area (Å²) in [4.78, 5) is 18.6. The van der Waals surface area contributed by atoms with Gasteiger partial charge in [-0.15, -0.1) is 0 Å². The first-order chi connectivity index (χ1) is 12.1. The van der Waals surface area contributed by atoms with Crippen LogP contribution in [0.2, 0.25) is 0 Å². The van der Waals surface area contributed by atoms with Crippen molar-refractivity contribution in [3.63, 3.8) is 0 Å². The Labute approximate surface area is 153 Å². The second kappa shape index (κ2) is 6.23. The summed E-state index contributed by atoms with van der Waals surface area (Å²) in [6, 6.07) is 4.64. The first kappa shape index (κ1) is 18.6. The molecule has 1 amide bonds. The van der Waals surface area contributed by atoms with Crippen LogP contribution in [0.1, 0.15) is 45.6 Å². The lowest BCUT2D eigenvalue weighted by molar-refractivity contribution is -0.140. The Kier molecular flexibility index (Phi) is 4.46. The Bertz CT molecular complexity index is 764. The number of amides is 1. The minimum absolute atomic E-state index is 0.0539. The van der Waals surface area contributed by atoms with Crippen molar-refractivity contribution < 1.29 is 14.3 Å². The van der Waals surface area contributed by atoms with E-state index < -0.39 is 22.9 Å². The molecule has 1 aliphatic carbocycles. The number of aliphatic hydroxyl groups excluding tert-OH is 1. The van der Waals surface area contributed by atoms with Crippen molar-refractivity contribution in [3.05, 3.63) is 29.6 Å². The zero-order valence-electron chi connectivity index (χ0n) is 15.7. The van der Waals surface area contributed by atoms with Gasteiger partial charge in [-0.25, -0.2) is 9.38 Å². The highest BCUT2D eigenvalue weighted by Gasteiger charge is 2.53. The number of aliphatic hydroxyl groups is 1. The monoisotopic (exact) mass is 362 g/mol. The molecule has 1 aromatic rings.